The number of ether oxygens (including phenoxy) is 1. The first-order valence-electron chi connectivity index (χ1n) is 16.4. The summed E-state index contributed by atoms with van der Waals surface area (Å²) in [6.45, 7) is 13.9. The van der Waals surface area contributed by atoms with Crippen molar-refractivity contribution in [2.75, 3.05) is 39.3 Å². The highest BCUT2D eigenvalue weighted by Gasteiger charge is 2.50. The highest BCUT2D eigenvalue weighted by molar-refractivity contribution is 5.97. The molecule has 1 aromatic rings. The van der Waals surface area contributed by atoms with Crippen molar-refractivity contribution in [1.29, 1.82) is 0 Å². The van der Waals surface area contributed by atoms with E-state index in [9.17, 15) is 9.59 Å². The molecule has 0 aromatic heterocycles. The van der Waals surface area contributed by atoms with E-state index in [0.29, 0.717) is 17.9 Å². The molecule has 6 nitrogen and oxygen atoms in total. The average Bonchev–Trinajstić information content (AvgIpc) is 2.94. The summed E-state index contributed by atoms with van der Waals surface area (Å²) in [5.41, 5.74) is 3.98. The van der Waals surface area contributed by atoms with Gasteiger partial charge in [0, 0.05) is 69.6 Å². The van der Waals surface area contributed by atoms with E-state index in [1.807, 2.05) is 0 Å². The predicted octanol–water partition coefficient (Wildman–Crippen LogP) is 6.89. The second-order valence-corrected chi connectivity index (χ2v) is 13.5. The number of carbonyl (C=O) groups excluding carboxylic acids is 2. The van der Waals surface area contributed by atoms with Crippen LogP contribution in [0.15, 0.2) is 12.1 Å². The second kappa shape index (κ2) is 12.8. The molecule has 0 bridgehead atoms. The molecule has 0 radical (unpaired) electrons. The van der Waals surface area contributed by atoms with Gasteiger partial charge in [0.1, 0.15) is 5.60 Å². The minimum atomic E-state index is -0.289. The van der Waals surface area contributed by atoms with Gasteiger partial charge in [-0.05, 0) is 69.9 Å². The average molecular weight is 552 g/mol. The van der Waals surface area contributed by atoms with Crippen LogP contribution in [-0.4, -0.2) is 77.6 Å². The van der Waals surface area contributed by atoms with E-state index < -0.39 is 0 Å². The van der Waals surface area contributed by atoms with E-state index in [2.05, 4.69) is 54.5 Å². The van der Waals surface area contributed by atoms with Crippen LogP contribution in [0.25, 0.3) is 0 Å². The molecule has 5 rings (SSSR count). The summed E-state index contributed by atoms with van der Waals surface area (Å²) in [5, 5.41) is 0. The van der Waals surface area contributed by atoms with Crippen molar-refractivity contribution in [2.24, 2.45) is 11.8 Å². The van der Waals surface area contributed by atoms with Gasteiger partial charge in [-0.15, -0.1) is 0 Å². The lowest BCUT2D eigenvalue weighted by molar-refractivity contribution is -0.127. The summed E-state index contributed by atoms with van der Waals surface area (Å²) >= 11 is 0. The van der Waals surface area contributed by atoms with Crippen LogP contribution in [0.2, 0.25) is 0 Å². The Balaban J connectivity index is 1.16. The fourth-order valence-corrected chi connectivity index (χ4v) is 8.35. The lowest BCUT2D eigenvalue weighted by atomic mass is 9.75. The quantitative estimate of drug-likeness (QED) is 0.370. The molecule has 1 saturated carbocycles. The monoisotopic (exact) mass is 551 g/mol. The van der Waals surface area contributed by atoms with Crippen LogP contribution >= 0.6 is 0 Å². The Hall–Kier alpha value is -2.08. The zero-order valence-electron chi connectivity index (χ0n) is 25.7. The van der Waals surface area contributed by atoms with Crippen LogP contribution in [0.1, 0.15) is 111 Å². The number of likely N-dealkylation sites (tertiary alicyclic amines) is 2. The second-order valence-electron chi connectivity index (χ2n) is 13.5. The Morgan fingerprint density at radius 3 is 2.23 bits per heavy atom. The maximum Gasteiger partial charge on any atom is 0.410 e. The van der Waals surface area contributed by atoms with Gasteiger partial charge in [0.05, 0.1) is 0 Å². The number of nitrogens with zero attached hydrogens (tertiary/aromatic N) is 3. The van der Waals surface area contributed by atoms with E-state index in [1.165, 1.54) is 50.5 Å². The molecule has 2 amide bonds. The van der Waals surface area contributed by atoms with E-state index in [-0.39, 0.29) is 17.6 Å². The summed E-state index contributed by atoms with van der Waals surface area (Å²) in [6.07, 6.45) is 13.9. The van der Waals surface area contributed by atoms with Crippen molar-refractivity contribution in [1.82, 2.24) is 14.7 Å². The molecular weight excluding hydrogens is 498 g/mol. The molecule has 40 heavy (non-hydrogen) atoms. The van der Waals surface area contributed by atoms with E-state index >= 15 is 0 Å². The predicted molar refractivity (Wildman–Crippen MR) is 161 cm³/mol. The van der Waals surface area contributed by atoms with Gasteiger partial charge in [-0.3, -0.25) is 9.69 Å². The summed E-state index contributed by atoms with van der Waals surface area (Å²) in [5.74, 6) is 1.29. The number of unbranched alkanes of at least 4 members (excludes halogenated alkanes) is 1. The SMILES string of the molecule is CCCCC1CN(CC2CCCCC2)C(=O)OC12CCN(C1CCN(C(=O)c3c(C)cc(C)cc3C)CC1)CC2. The van der Waals surface area contributed by atoms with Crippen molar-refractivity contribution in [3.8, 4) is 0 Å². The van der Waals surface area contributed by atoms with Gasteiger partial charge >= 0.3 is 6.09 Å². The molecule has 1 atom stereocenters. The lowest BCUT2D eigenvalue weighted by Gasteiger charge is -2.52. The van der Waals surface area contributed by atoms with E-state index in [1.54, 1.807) is 0 Å². The number of carbonyl (C=O) groups is 2. The molecule has 4 fully saturated rings. The van der Waals surface area contributed by atoms with Crippen molar-refractivity contribution >= 4 is 12.0 Å². The summed E-state index contributed by atoms with van der Waals surface area (Å²) < 4.78 is 6.45. The van der Waals surface area contributed by atoms with Crippen LogP contribution in [0.5, 0.6) is 0 Å². The van der Waals surface area contributed by atoms with Crippen LogP contribution in [0.4, 0.5) is 4.79 Å². The summed E-state index contributed by atoms with van der Waals surface area (Å²) in [7, 11) is 0. The molecule has 3 saturated heterocycles. The third kappa shape index (κ3) is 6.37. The van der Waals surface area contributed by atoms with Crippen LogP contribution in [-0.2, 0) is 4.74 Å². The maximum atomic E-state index is 13.4. The zero-order valence-corrected chi connectivity index (χ0v) is 25.7. The largest absolute Gasteiger partial charge is 0.442 e. The normalized spacial score (nSPS) is 24.9. The Morgan fingerprint density at radius 1 is 0.950 bits per heavy atom. The van der Waals surface area contributed by atoms with Crippen molar-refractivity contribution in [2.45, 2.75) is 116 Å². The van der Waals surface area contributed by atoms with Crippen molar-refractivity contribution in [3.05, 3.63) is 34.4 Å². The van der Waals surface area contributed by atoms with Crippen molar-refractivity contribution < 1.29 is 14.3 Å². The highest BCUT2D eigenvalue weighted by atomic mass is 16.6. The first-order chi connectivity index (χ1) is 19.3. The Labute approximate surface area is 242 Å². The number of aryl methyl sites for hydroxylation is 3. The summed E-state index contributed by atoms with van der Waals surface area (Å²) in [4.78, 5) is 33.5. The van der Waals surface area contributed by atoms with Gasteiger partial charge in [0.2, 0.25) is 0 Å². The third-order valence-corrected chi connectivity index (χ3v) is 10.6. The summed E-state index contributed by atoms with van der Waals surface area (Å²) in [6, 6.07) is 4.76. The molecule has 1 aliphatic carbocycles. The maximum absolute atomic E-state index is 13.4. The number of amides is 2. The lowest BCUT2D eigenvalue weighted by Crippen LogP contribution is -2.61. The minimum Gasteiger partial charge on any atom is -0.442 e. The van der Waals surface area contributed by atoms with Crippen LogP contribution in [0, 0.1) is 32.6 Å². The number of benzene rings is 1. The Kier molecular flexibility index (Phi) is 9.44. The molecular formula is C34H53N3O3. The van der Waals surface area contributed by atoms with Crippen molar-refractivity contribution in [3.63, 3.8) is 0 Å². The standard InChI is InChI=1S/C34H53N3O3/c1-5-6-12-29-24-37(23-28-10-8-7-9-11-28)33(39)40-34(29)15-19-35(20-16-34)30-13-17-36(18-14-30)32(38)31-26(3)21-25(2)22-27(31)4/h21-22,28-30H,5-20,23-24H2,1-4H3. The van der Waals surface area contributed by atoms with Gasteiger partial charge in [-0.1, -0.05) is 56.7 Å². The molecule has 4 aliphatic rings. The van der Waals surface area contributed by atoms with Gasteiger partial charge in [0.25, 0.3) is 5.91 Å². The number of piperidine rings is 2. The fraction of sp³-hybridized carbons (Fsp3) is 0.765. The number of hydrogen-bond donors (Lipinski definition) is 0. The van der Waals surface area contributed by atoms with Gasteiger partial charge in [-0.2, -0.15) is 0 Å². The van der Waals surface area contributed by atoms with Gasteiger partial charge < -0.3 is 14.5 Å². The van der Waals surface area contributed by atoms with Crippen LogP contribution < -0.4 is 0 Å². The third-order valence-electron chi connectivity index (χ3n) is 10.6. The van der Waals surface area contributed by atoms with Crippen LogP contribution in [0.3, 0.4) is 0 Å². The van der Waals surface area contributed by atoms with E-state index in [0.717, 1.165) is 88.1 Å². The molecule has 1 aromatic carbocycles. The van der Waals surface area contributed by atoms with Gasteiger partial charge in [0.15, 0.2) is 0 Å². The highest BCUT2D eigenvalue weighted by Crippen LogP contribution is 2.42. The number of hydrogen-bond acceptors (Lipinski definition) is 4. The first kappa shape index (κ1) is 29.4. The molecule has 222 valence electrons. The Bertz CT molecular complexity index is 1010. The molecule has 3 heterocycles. The molecule has 1 unspecified atom stereocenters. The smallest absolute Gasteiger partial charge is 0.410 e. The molecule has 0 N–H and O–H groups in total. The first-order valence-corrected chi connectivity index (χ1v) is 16.4. The number of rotatable bonds is 7. The minimum absolute atomic E-state index is 0.0553. The topological polar surface area (TPSA) is 53.1 Å². The molecule has 3 aliphatic heterocycles. The van der Waals surface area contributed by atoms with E-state index in [4.69, 9.17) is 4.74 Å². The zero-order chi connectivity index (χ0) is 28.3. The Morgan fingerprint density at radius 2 is 1.60 bits per heavy atom. The van der Waals surface area contributed by atoms with Gasteiger partial charge in [-0.25, -0.2) is 4.79 Å². The fourth-order valence-electron chi connectivity index (χ4n) is 8.35. The molecule has 1 spiro atoms. The molecule has 6 heteroatoms.